The van der Waals surface area contributed by atoms with Gasteiger partial charge in [-0.25, -0.2) is 4.98 Å². The molecule has 6 nitrogen and oxygen atoms in total. The van der Waals surface area contributed by atoms with Crippen LogP contribution in [0.4, 0.5) is 0 Å². The summed E-state index contributed by atoms with van der Waals surface area (Å²) in [6.45, 7) is 5.94. The molecule has 2 aliphatic rings. The van der Waals surface area contributed by atoms with Crippen molar-refractivity contribution in [2.45, 2.75) is 12.5 Å². The molecule has 0 aromatic carbocycles. The summed E-state index contributed by atoms with van der Waals surface area (Å²) in [7, 11) is 0. The molecular formula is C17H23Cl2N5OS. The van der Waals surface area contributed by atoms with Crippen LogP contribution in [-0.2, 0) is 0 Å². The van der Waals surface area contributed by atoms with E-state index in [0.29, 0.717) is 6.04 Å². The van der Waals surface area contributed by atoms with Crippen molar-refractivity contribution in [1.82, 2.24) is 25.1 Å². The average Bonchev–Trinajstić information content (AvgIpc) is 3.33. The van der Waals surface area contributed by atoms with E-state index in [9.17, 15) is 4.79 Å². The average molecular weight is 416 g/mol. The monoisotopic (exact) mass is 415 g/mol. The van der Waals surface area contributed by atoms with Crippen molar-refractivity contribution in [3.63, 3.8) is 0 Å². The van der Waals surface area contributed by atoms with Gasteiger partial charge in [0.05, 0.1) is 6.20 Å². The van der Waals surface area contributed by atoms with Crippen LogP contribution in [0.5, 0.6) is 0 Å². The van der Waals surface area contributed by atoms with Gasteiger partial charge in [0, 0.05) is 63.3 Å². The van der Waals surface area contributed by atoms with Gasteiger partial charge in [-0.15, -0.1) is 36.2 Å². The number of aromatic nitrogens is 2. The number of nitrogens with zero attached hydrogens (tertiary/aromatic N) is 4. The molecule has 1 atom stereocenters. The maximum absolute atomic E-state index is 12.8. The van der Waals surface area contributed by atoms with Gasteiger partial charge in [-0.2, -0.15) is 0 Å². The minimum absolute atomic E-state index is 0. The van der Waals surface area contributed by atoms with Gasteiger partial charge in [0.2, 0.25) is 0 Å². The van der Waals surface area contributed by atoms with E-state index in [2.05, 4.69) is 20.2 Å². The molecule has 0 spiro atoms. The van der Waals surface area contributed by atoms with Crippen LogP contribution in [0.3, 0.4) is 0 Å². The van der Waals surface area contributed by atoms with Crippen LogP contribution >= 0.6 is 36.2 Å². The van der Waals surface area contributed by atoms with Gasteiger partial charge in [-0.1, -0.05) is 0 Å². The summed E-state index contributed by atoms with van der Waals surface area (Å²) in [6.07, 6.45) is 6.27. The molecule has 0 radical (unpaired) electrons. The van der Waals surface area contributed by atoms with Crippen LogP contribution in [-0.4, -0.2) is 71.0 Å². The Morgan fingerprint density at radius 2 is 1.88 bits per heavy atom. The van der Waals surface area contributed by atoms with Crippen LogP contribution in [0, 0.1) is 0 Å². The molecule has 1 unspecified atom stereocenters. The number of halogens is 2. The Hall–Kier alpha value is -1.25. The van der Waals surface area contributed by atoms with Crippen molar-refractivity contribution in [1.29, 1.82) is 0 Å². The second kappa shape index (κ2) is 9.62. The number of nitrogens with one attached hydrogen (secondary N) is 1. The predicted molar refractivity (Wildman–Crippen MR) is 109 cm³/mol. The van der Waals surface area contributed by atoms with Gasteiger partial charge in [-0.3, -0.25) is 14.7 Å². The van der Waals surface area contributed by atoms with E-state index in [-0.39, 0.29) is 30.7 Å². The Bertz CT molecular complexity index is 708. The maximum Gasteiger partial charge on any atom is 0.265 e. The van der Waals surface area contributed by atoms with Crippen LogP contribution in [0.1, 0.15) is 16.1 Å². The molecule has 1 amide bonds. The first kappa shape index (κ1) is 21.1. The summed E-state index contributed by atoms with van der Waals surface area (Å²) in [6, 6.07) is 4.34. The molecular weight excluding hydrogens is 393 g/mol. The Labute approximate surface area is 169 Å². The highest BCUT2D eigenvalue weighted by atomic mass is 35.5. The molecule has 9 heteroatoms. The largest absolute Gasteiger partial charge is 0.336 e. The van der Waals surface area contributed by atoms with Crippen molar-refractivity contribution in [3.8, 4) is 10.6 Å². The molecule has 142 valence electrons. The highest BCUT2D eigenvalue weighted by Gasteiger charge is 2.32. The third-order valence-electron chi connectivity index (χ3n) is 4.76. The van der Waals surface area contributed by atoms with Crippen molar-refractivity contribution in [3.05, 3.63) is 35.6 Å². The lowest BCUT2D eigenvalue weighted by Gasteiger charge is -2.32. The molecule has 0 aliphatic carbocycles. The molecule has 26 heavy (non-hydrogen) atoms. The fourth-order valence-corrected chi connectivity index (χ4v) is 4.32. The van der Waals surface area contributed by atoms with Crippen LogP contribution in [0.25, 0.3) is 10.6 Å². The van der Waals surface area contributed by atoms with Crippen molar-refractivity contribution >= 4 is 42.1 Å². The normalized spacial score (nSPS) is 20.3. The van der Waals surface area contributed by atoms with Crippen LogP contribution in [0.2, 0.25) is 0 Å². The lowest BCUT2D eigenvalue weighted by atomic mass is 10.2. The van der Waals surface area contributed by atoms with Crippen molar-refractivity contribution in [2.75, 3.05) is 39.3 Å². The zero-order valence-electron chi connectivity index (χ0n) is 14.3. The molecule has 1 N–H and O–H groups in total. The third-order valence-corrected chi connectivity index (χ3v) is 5.80. The lowest BCUT2D eigenvalue weighted by molar-refractivity contribution is 0.0778. The van der Waals surface area contributed by atoms with Crippen LogP contribution < -0.4 is 5.32 Å². The fourth-order valence-electron chi connectivity index (χ4n) is 3.43. The zero-order valence-corrected chi connectivity index (χ0v) is 16.8. The van der Waals surface area contributed by atoms with Gasteiger partial charge in [-0.05, 0) is 18.6 Å². The first-order valence-electron chi connectivity index (χ1n) is 8.41. The molecule has 2 saturated heterocycles. The van der Waals surface area contributed by atoms with E-state index in [0.717, 1.165) is 61.1 Å². The number of amides is 1. The second-order valence-corrected chi connectivity index (χ2v) is 7.28. The Morgan fingerprint density at radius 3 is 2.62 bits per heavy atom. The van der Waals surface area contributed by atoms with E-state index in [4.69, 9.17) is 0 Å². The van der Waals surface area contributed by atoms with E-state index < -0.39 is 0 Å². The fraction of sp³-hybridized carbons (Fsp3) is 0.471. The summed E-state index contributed by atoms with van der Waals surface area (Å²) >= 11 is 1.46. The number of hydrogen-bond acceptors (Lipinski definition) is 6. The van der Waals surface area contributed by atoms with Crippen LogP contribution in [0.15, 0.2) is 30.7 Å². The molecule has 2 aromatic rings. The van der Waals surface area contributed by atoms with Gasteiger partial charge in [0.1, 0.15) is 9.88 Å². The highest BCUT2D eigenvalue weighted by Crippen LogP contribution is 2.27. The highest BCUT2D eigenvalue weighted by molar-refractivity contribution is 7.16. The number of carbonyl (C=O) groups is 1. The minimum atomic E-state index is 0. The number of thiazole rings is 1. The number of pyridine rings is 1. The summed E-state index contributed by atoms with van der Waals surface area (Å²) in [5, 5.41) is 4.26. The SMILES string of the molecule is Cl.Cl.O=C(c1cnc(-c2ccncc2)s1)N1CCC(N2CCNCC2)C1. The smallest absolute Gasteiger partial charge is 0.265 e. The molecule has 4 heterocycles. The van der Waals surface area contributed by atoms with E-state index in [1.807, 2.05) is 17.0 Å². The molecule has 0 bridgehead atoms. The molecule has 2 aliphatic heterocycles. The minimum Gasteiger partial charge on any atom is -0.336 e. The van der Waals surface area contributed by atoms with Gasteiger partial charge >= 0.3 is 0 Å². The summed E-state index contributed by atoms with van der Waals surface area (Å²) in [4.78, 5) is 26.4. The summed E-state index contributed by atoms with van der Waals surface area (Å²) < 4.78 is 0. The maximum atomic E-state index is 12.8. The number of rotatable bonds is 3. The summed E-state index contributed by atoms with van der Waals surface area (Å²) in [5.41, 5.74) is 1.01. The first-order chi connectivity index (χ1) is 11.8. The van der Waals surface area contributed by atoms with Gasteiger partial charge in [0.25, 0.3) is 5.91 Å². The first-order valence-corrected chi connectivity index (χ1v) is 9.23. The standard InChI is InChI=1S/C17H21N5OS.2ClH/c23-17(15-11-20-16(24-15)13-1-4-18-5-2-13)22-8-3-14(12-22)21-9-6-19-7-10-21;;/h1-2,4-5,11,14,19H,3,6-10,12H2;2*1H. The topological polar surface area (TPSA) is 61.4 Å². The lowest BCUT2D eigenvalue weighted by Crippen LogP contribution is -2.49. The number of likely N-dealkylation sites (tertiary alicyclic amines) is 1. The summed E-state index contributed by atoms with van der Waals surface area (Å²) in [5.74, 6) is 0.116. The van der Waals surface area contributed by atoms with E-state index >= 15 is 0 Å². The second-order valence-electron chi connectivity index (χ2n) is 6.25. The number of carbonyl (C=O) groups excluding carboxylic acids is 1. The Kier molecular flexibility index (Phi) is 7.79. The van der Waals surface area contributed by atoms with Crippen molar-refractivity contribution < 1.29 is 4.79 Å². The molecule has 0 saturated carbocycles. The quantitative estimate of drug-likeness (QED) is 0.831. The Morgan fingerprint density at radius 1 is 1.15 bits per heavy atom. The van der Waals surface area contributed by atoms with Gasteiger partial charge < -0.3 is 10.2 Å². The van der Waals surface area contributed by atoms with Gasteiger partial charge in [0.15, 0.2) is 0 Å². The number of hydrogen-bond donors (Lipinski definition) is 1. The molecule has 4 rings (SSSR count). The number of piperazine rings is 1. The molecule has 2 fully saturated rings. The van der Waals surface area contributed by atoms with E-state index in [1.54, 1.807) is 18.6 Å². The van der Waals surface area contributed by atoms with Crippen molar-refractivity contribution in [2.24, 2.45) is 0 Å². The third kappa shape index (κ3) is 4.53. The van der Waals surface area contributed by atoms with E-state index in [1.165, 1.54) is 11.3 Å². The Balaban J connectivity index is 0.00000121. The predicted octanol–water partition coefficient (Wildman–Crippen LogP) is 2.17. The molecule has 2 aromatic heterocycles. The zero-order chi connectivity index (χ0) is 16.4.